The van der Waals surface area contributed by atoms with Crippen molar-refractivity contribution in [2.24, 2.45) is 5.92 Å². The summed E-state index contributed by atoms with van der Waals surface area (Å²) >= 11 is 0. The zero-order chi connectivity index (χ0) is 18.2. The van der Waals surface area contributed by atoms with E-state index in [-0.39, 0.29) is 23.4 Å². The maximum absolute atomic E-state index is 12.1. The Labute approximate surface area is 144 Å². The molecule has 0 fully saturated rings. The van der Waals surface area contributed by atoms with E-state index >= 15 is 0 Å². The molecule has 1 atom stereocenters. The fourth-order valence-corrected chi connectivity index (χ4v) is 2.99. The Balaban J connectivity index is 2.45. The van der Waals surface area contributed by atoms with Crippen LogP contribution >= 0.6 is 0 Å². The Hall–Kier alpha value is -1.66. The summed E-state index contributed by atoms with van der Waals surface area (Å²) in [6, 6.07) is 6.56. The van der Waals surface area contributed by atoms with Crippen molar-refractivity contribution in [3.05, 3.63) is 41.5 Å². The average molecular weight is 354 g/mol. The predicted octanol–water partition coefficient (Wildman–Crippen LogP) is 3.63. The molecule has 0 aromatic heterocycles. The van der Waals surface area contributed by atoms with Crippen LogP contribution in [0.3, 0.4) is 0 Å². The number of esters is 1. The molecule has 0 heterocycles. The maximum Gasteiger partial charge on any atom is 0.333 e. The van der Waals surface area contributed by atoms with E-state index in [2.05, 4.69) is 0 Å². The van der Waals surface area contributed by atoms with Gasteiger partial charge in [0.05, 0.1) is 18.1 Å². The van der Waals surface area contributed by atoms with Gasteiger partial charge in [-0.05, 0) is 51.7 Å². The number of hydrogen-bond donors (Lipinski definition) is 0. The molecule has 0 radical (unpaired) electrons. The van der Waals surface area contributed by atoms with Crippen LogP contribution in [0.15, 0.2) is 40.8 Å². The fraction of sp³-hybridized carbons (Fsp3) is 0.500. The zero-order valence-electron chi connectivity index (χ0n) is 14.7. The Morgan fingerprint density at radius 3 is 2.46 bits per heavy atom. The minimum atomic E-state index is -3.72. The van der Waals surface area contributed by atoms with Crippen molar-refractivity contribution in [1.82, 2.24) is 0 Å². The van der Waals surface area contributed by atoms with Crippen LogP contribution in [0.2, 0.25) is 0 Å². The highest BCUT2D eigenvalue weighted by molar-refractivity contribution is 7.86. The molecule has 0 aliphatic carbocycles. The minimum absolute atomic E-state index is 0.0523. The summed E-state index contributed by atoms with van der Waals surface area (Å²) in [6.45, 7) is 7.75. The van der Waals surface area contributed by atoms with Gasteiger partial charge in [0.1, 0.15) is 0 Å². The Kier molecular flexibility index (Phi) is 8.15. The standard InChI is InChI=1S/C18H26O5S/c1-5-22-18(19)16(4)8-6-7-15(3)13-23-24(20,21)17-11-9-14(2)10-12-17/h8-12,15H,5-7,13H2,1-4H3/b16-8+/t15-/m1/s1. The van der Waals surface area contributed by atoms with Crippen LogP contribution in [0.25, 0.3) is 0 Å². The van der Waals surface area contributed by atoms with Gasteiger partial charge in [0.25, 0.3) is 10.1 Å². The van der Waals surface area contributed by atoms with E-state index in [4.69, 9.17) is 8.92 Å². The van der Waals surface area contributed by atoms with Crippen LogP contribution in [-0.4, -0.2) is 27.6 Å². The lowest BCUT2D eigenvalue weighted by molar-refractivity contribution is -0.138. The quantitative estimate of drug-likeness (QED) is 0.385. The van der Waals surface area contributed by atoms with Crippen LogP contribution in [0.1, 0.15) is 39.2 Å². The number of hydrogen-bond acceptors (Lipinski definition) is 5. The normalized spacial score (nSPS) is 13.6. The van der Waals surface area contributed by atoms with Crippen LogP contribution < -0.4 is 0 Å². The highest BCUT2D eigenvalue weighted by Gasteiger charge is 2.16. The van der Waals surface area contributed by atoms with Crippen molar-refractivity contribution < 1.29 is 22.1 Å². The summed E-state index contributed by atoms with van der Waals surface area (Å²) in [4.78, 5) is 11.6. The molecule has 0 aliphatic heterocycles. The van der Waals surface area contributed by atoms with E-state index in [1.54, 1.807) is 38.1 Å². The van der Waals surface area contributed by atoms with Crippen LogP contribution in [-0.2, 0) is 23.8 Å². The number of carbonyl (C=O) groups excluding carboxylic acids is 1. The molecule has 1 rings (SSSR count). The first kappa shape index (κ1) is 20.4. The lowest BCUT2D eigenvalue weighted by atomic mass is 10.1. The summed E-state index contributed by atoms with van der Waals surface area (Å²) in [5, 5.41) is 0. The third kappa shape index (κ3) is 6.84. The molecule has 0 saturated carbocycles. The predicted molar refractivity (Wildman–Crippen MR) is 93.1 cm³/mol. The third-order valence-electron chi connectivity index (χ3n) is 3.52. The topological polar surface area (TPSA) is 69.7 Å². The smallest absolute Gasteiger partial charge is 0.333 e. The molecule has 0 saturated heterocycles. The van der Waals surface area contributed by atoms with Crippen molar-refractivity contribution in [2.45, 2.75) is 45.4 Å². The summed E-state index contributed by atoms with van der Waals surface area (Å²) in [5.74, 6) is -0.264. The fourth-order valence-electron chi connectivity index (χ4n) is 1.97. The number of allylic oxidation sites excluding steroid dienone is 1. The number of rotatable bonds is 9. The molecule has 0 N–H and O–H groups in total. The second-order valence-electron chi connectivity index (χ2n) is 5.84. The number of carbonyl (C=O) groups is 1. The first-order valence-corrected chi connectivity index (χ1v) is 9.47. The van der Waals surface area contributed by atoms with Crippen LogP contribution in [0.4, 0.5) is 0 Å². The Morgan fingerprint density at radius 1 is 1.25 bits per heavy atom. The molecular weight excluding hydrogens is 328 g/mol. The van der Waals surface area contributed by atoms with Crippen molar-refractivity contribution in [3.63, 3.8) is 0 Å². The van der Waals surface area contributed by atoms with Gasteiger partial charge >= 0.3 is 5.97 Å². The van der Waals surface area contributed by atoms with E-state index in [0.29, 0.717) is 18.6 Å². The molecule has 24 heavy (non-hydrogen) atoms. The molecule has 0 aliphatic rings. The van der Waals surface area contributed by atoms with Gasteiger partial charge < -0.3 is 4.74 Å². The van der Waals surface area contributed by atoms with Gasteiger partial charge in [0, 0.05) is 5.57 Å². The highest BCUT2D eigenvalue weighted by atomic mass is 32.2. The van der Waals surface area contributed by atoms with Gasteiger partial charge in [-0.3, -0.25) is 4.18 Å². The minimum Gasteiger partial charge on any atom is -0.463 e. The van der Waals surface area contributed by atoms with E-state index in [1.807, 2.05) is 19.9 Å². The first-order valence-electron chi connectivity index (χ1n) is 8.06. The SMILES string of the molecule is CCOC(=O)/C(C)=C/CC[C@@H](C)COS(=O)(=O)c1ccc(C)cc1. The van der Waals surface area contributed by atoms with Gasteiger partial charge in [-0.25, -0.2) is 4.79 Å². The molecule has 0 spiro atoms. The van der Waals surface area contributed by atoms with Crippen molar-refractivity contribution in [1.29, 1.82) is 0 Å². The molecule has 0 unspecified atom stereocenters. The van der Waals surface area contributed by atoms with E-state index in [9.17, 15) is 13.2 Å². The lowest BCUT2D eigenvalue weighted by Gasteiger charge is -2.11. The molecule has 1 aromatic rings. The average Bonchev–Trinajstić information content (AvgIpc) is 2.53. The lowest BCUT2D eigenvalue weighted by Crippen LogP contribution is -2.13. The van der Waals surface area contributed by atoms with Gasteiger partial charge in [-0.1, -0.05) is 30.7 Å². The van der Waals surface area contributed by atoms with Crippen molar-refractivity contribution >= 4 is 16.1 Å². The monoisotopic (exact) mass is 354 g/mol. The number of benzene rings is 1. The third-order valence-corrected chi connectivity index (χ3v) is 4.82. The maximum atomic E-state index is 12.1. The number of aryl methyl sites for hydroxylation is 1. The van der Waals surface area contributed by atoms with Crippen molar-refractivity contribution in [2.75, 3.05) is 13.2 Å². The summed E-state index contributed by atoms with van der Waals surface area (Å²) in [7, 11) is -3.72. The van der Waals surface area contributed by atoms with E-state index in [1.165, 1.54) is 0 Å². The molecule has 5 nitrogen and oxygen atoms in total. The molecule has 1 aromatic carbocycles. The summed E-state index contributed by atoms with van der Waals surface area (Å²) in [5.41, 5.74) is 1.56. The summed E-state index contributed by atoms with van der Waals surface area (Å²) in [6.07, 6.45) is 3.20. The van der Waals surface area contributed by atoms with Crippen LogP contribution in [0, 0.1) is 12.8 Å². The first-order chi connectivity index (χ1) is 11.3. The van der Waals surface area contributed by atoms with Crippen LogP contribution in [0.5, 0.6) is 0 Å². The molecule has 134 valence electrons. The van der Waals surface area contributed by atoms with Gasteiger partial charge in [-0.15, -0.1) is 0 Å². The Morgan fingerprint density at radius 2 is 1.88 bits per heavy atom. The molecule has 0 amide bonds. The largest absolute Gasteiger partial charge is 0.463 e. The van der Waals surface area contributed by atoms with Crippen molar-refractivity contribution in [3.8, 4) is 0 Å². The van der Waals surface area contributed by atoms with Gasteiger partial charge in [0.2, 0.25) is 0 Å². The van der Waals surface area contributed by atoms with E-state index in [0.717, 1.165) is 12.0 Å². The molecular formula is C18H26O5S. The number of ether oxygens (including phenoxy) is 1. The zero-order valence-corrected chi connectivity index (χ0v) is 15.6. The molecule has 0 bridgehead atoms. The van der Waals surface area contributed by atoms with Gasteiger partial charge in [-0.2, -0.15) is 8.42 Å². The van der Waals surface area contributed by atoms with E-state index < -0.39 is 10.1 Å². The second kappa shape index (κ2) is 9.59. The molecule has 6 heteroatoms. The second-order valence-corrected chi connectivity index (χ2v) is 7.46. The van der Waals surface area contributed by atoms with Gasteiger partial charge in [0.15, 0.2) is 0 Å². The Bertz CT molecular complexity index is 659. The highest BCUT2D eigenvalue weighted by Crippen LogP contribution is 2.16. The summed E-state index contributed by atoms with van der Waals surface area (Å²) < 4.78 is 34.2.